The topological polar surface area (TPSA) is 175 Å². The summed E-state index contributed by atoms with van der Waals surface area (Å²) in [6, 6.07) is 5.32. The van der Waals surface area contributed by atoms with E-state index < -0.39 is 59.8 Å². The van der Waals surface area contributed by atoms with Crippen molar-refractivity contribution in [3.05, 3.63) is 36.0 Å². The van der Waals surface area contributed by atoms with Crippen molar-refractivity contribution in [1.82, 2.24) is 15.6 Å². The van der Waals surface area contributed by atoms with Crippen molar-refractivity contribution in [2.45, 2.75) is 122 Å². The van der Waals surface area contributed by atoms with Crippen LogP contribution in [-0.4, -0.2) is 69.9 Å². The maximum Gasteiger partial charge on any atom is 0.326 e. The Morgan fingerprint density at radius 1 is 1.02 bits per heavy atom. The summed E-state index contributed by atoms with van der Waals surface area (Å²) >= 11 is 0. The number of carbonyl (C=O) groups excluding carboxylic acids is 3. The standard InChI is InChI=1S/C36H49N3O10/c1-19(2)16-27(31(42)39-28(32(43)44)17-22-18-37-26-9-7-6-8-23(22)26)38-29(40)12-13-30(41)45-33-21(4)25-11-10-20(3)24-14-15-35(5)47-34(46-33)36(24,25)49-48-35/h6-9,18-21,24-25,27-28,33-34,37H,10-17H2,1-5H3,(H,38,40)(H,39,42)(H,43,44)/t20-,21+,24+,25-,27+,28+,33-,34+,35-,36-/m1/s1. The predicted octanol–water partition coefficient (Wildman–Crippen LogP) is 4.34. The average molecular weight is 684 g/mol. The lowest BCUT2D eigenvalue weighted by Crippen LogP contribution is -2.70. The molecule has 1 saturated carbocycles. The van der Waals surface area contributed by atoms with Gasteiger partial charge in [0, 0.05) is 48.2 Å². The molecule has 5 aliphatic rings. The lowest BCUT2D eigenvalue weighted by molar-refractivity contribution is -0.576. The SMILES string of the molecule is CC(C)C[C@H](NC(=O)CCC(=O)O[C@@H]1O[C@H]2O[C@@]3(C)CC[C@H]4[C@H](C)CC[C@H]([C@@H]1C)[C@@]24OO3)C(=O)N[C@@H](Cc1c[nH]c2ccccc12)C(=O)O. The Kier molecular flexibility index (Phi) is 10.1. The molecule has 13 heteroatoms. The molecule has 0 radical (unpaired) electrons. The van der Waals surface area contributed by atoms with E-state index in [1.165, 1.54) is 0 Å². The lowest BCUT2D eigenvalue weighted by atomic mass is 9.58. The maximum absolute atomic E-state index is 13.3. The van der Waals surface area contributed by atoms with Gasteiger partial charge >= 0.3 is 11.9 Å². The molecule has 4 saturated heterocycles. The largest absolute Gasteiger partial charge is 0.480 e. The van der Waals surface area contributed by atoms with E-state index in [1.54, 1.807) is 6.20 Å². The predicted molar refractivity (Wildman–Crippen MR) is 175 cm³/mol. The molecule has 1 aromatic heterocycles. The van der Waals surface area contributed by atoms with Crippen molar-refractivity contribution < 1.29 is 48.3 Å². The van der Waals surface area contributed by atoms with Gasteiger partial charge in [-0.2, -0.15) is 0 Å². The first-order valence-electron chi connectivity index (χ1n) is 17.6. The Morgan fingerprint density at radius 2 is 1.80 bits per heavy atom. The monoisotopic (exact) mass is 683 g/mol. The Morgan fingerprint density at radius 3 is 2.55 bits per heavy atom. The fourth-order valence-corrected chi connectivity index (χ4v) is 8.37. The molecule has 1 spiro atoms. The summed E-state index contributed by atoms with van der Waals surface area (Å²) in [5.41, 5.74) is 0.838. The molecule has 49 heavy (non-hydrogen) atoms. The molecular formula is C36H49N3O10. The van der Waals surface area contributed by atoms with Crippen molar-refractivity contribution in [3.8, 4) is 0 Å². The van der Waals surface area contributed by atoms with E-state index in [2.05, 4.69) is 22.5 Å². The number of carboxylic acid groups (broad SMARTS) is 1. The van der Waals surface area contributed by atoms with Gasteiger partial charge in [-0.1, -0.05) is 45.9 Å². The van der Waals surface area contributed by atoms with Crippen LogP contribution in [0.3, 0.4) is 0 Å². The van der Waals surface area contributed by atoms with E-state index >= 15 is 0 Å². The molecule has 2 amide bonds. The summed E-state index contributed by atoms with van der Waals surface area (Å²) in [6.45, 7) is 9.83. The average Bonchev–Trinajstić information content (AvgIpc) is 3.32. The fourth-order valence-electron chi connectivity index (χ4n) is 8.37. The van der Waals surface area contributed by atoms with Crippen LogP contribution in [0.25, 0.3) is 10.9 Å². The minimum absolute atomic E-state index is 0.0166. The number of carboxylic acids is 1. The first-order chi connectivity index (χ1) is 23.3. The number of benzene rings is 1. The summed E-state index contributed by atoms with van der Waals surface area (Å²) in [7, 11) is 0. The highest BCUT2D eigenvalue weighted by molar-refractivity contribution is 5.91. The van der Waals surface area contributed by atoms with Crippen LogP contribution in [0.15, 0.2) is 30.5 Å². The van der Waals surface area contributed by atoms with Gasteiger partial charge in [0.05, 0.1) is 6.42 Å². The maximum atomic E-state index is 13.3. The van der Waals surface area contributed by atoms with Crippen molar-refractivity contribution in [2.75, 3.05) is 0 Å². The fraction of sp³-hybridized carbons (Fsp3) is 0.667. The second-order valence-corrected chi connectivity index (χ2v) is 15.0. The molecular weight excluding hydrogens is 634 g/mol. The number of nitrogens with one attached hydrogen (secondary N) is 3. The molecule has 4 aliphatic heterocycles. The minimum atomic E-state index is -1.21. The summed E-state index contributed by atoms with van der Waals surface area (Å²) in [5.74, 6) is -3.50. The minimum Gasteiger partial charge on any atom is -0.480 e. The molecule has 5 heterocycles. The number of aliphatic carboxylic acids is 1. The van der Waals surface area contributed by atoms with Gasteiger partial charge in [0.25, 0.3) is 0 Å². The number of aromatic nitrogens is 1. The third kappa shape index (κ3) is 7.08. The molecule has 2 bridgehead atoms. The van der Waals surface area contributed by atoms with E-state index in [0.29, 0.717) is 12.3 Å². The number of amides is 2. The van der Waals surface area contributed by atoms with Crippen LogP contribution < -0.4 is 10.6 Å². The lowest BCUT2D eigenvalue weighted by Gasteiger charge is -2.59. The molecule has 1 aromatic carbocycles. The molecule has 1 aliphatic carbocycles. The summed E-state index contributed by atoms with van der Waals surface area (Å²) in [5, 5.41) is 16.1. The molecule has 268 valence electrons. The van der Waals surface area contributed by atoms with Gasteiger partial charge < -0.3 is 34.9 Å². The van der Waals surface area contributed by atoms with E-state index in [4.69, 9.17) is 24.0 Å². The number of hydrogen-bond acceptors (Lipinski definition) is 9. The quantitative estimate of drug-likeness (QED) is 0.186. The summed E-state index contributed by atoms with van der Waals surface area (Å²) in [6.07, 6.45) is 3.39. The van der Waals surface area contributed by atoms with Gasteiger partial charge in [-0.3, -0.25) is 14.4 Å². The van der Waals surface area contributed by atoms with Crippen LogP contribution in [0.5, 0.6) is 0 Å². The van der Waals surface area contributed by atoms with Gasteiger partial charge in [-0.15, -0.1) is 0 Å². The number of carbonyl (C=O) groups is 4. The molecule has 7 rings (SSSR count). The van der Waals surface area contributed by atoms with Crippen LogP contribution in [0.4, 0.5) is 0 Å². The first kappa shape index (κ1) is 35.3. The number of H-pyrrole nitrogens is 1. The highest BCUT2D eigenvalue weighted by Crippen LogP contribution is 2.60. The number of esters is 1. The summed E-state index contributed by atoms with van der Waals surface area (Å²) in [4.78, 5) is 66.7. The van der Waals surface area contributed by atoms with Crippen LogP contribution >= 0.6 is 0 Å². The van der Waals surface area contributed by atoms with Gasteiger partial charge in [0.1, 0.15) is 12.1 Å². The number of aromatic amines is 1. The van der Waals surface area contributed by atoms with E-state index in [-0.39, 0.29) is 49.4 Å². The van der Waals surface area contributed by atoms with Gasteiger partial charge in [-0.05, 0) is 62.0 Å². The molecule has 5 fully saturated rings. The van der Waals surface area contributed by atoms with E-state index in [9.17, 15) is 24.3 Å². The Bertz CT molecular complexity index is 1560. The van der Waals surface area contributed by atoms with Crippen LogP contribution in [0, 0.1) is 29.6 Å². The zero-order valence-corrected chi connectivity index (χ0v) is 28.9. The molecule has 13 nitrogen and oxygen atoms in total. The zero-order chi connectivity index (χ0) is 35.1. The molecule has 0 unspecified atom stereocenters. The van der Waals surface area contributed by atoms with Crippen molar-refractivity contribution in [1.29, 1.82) is 0 Å². The number of hydrogen-bond donors (Lipinski definition) is 4. The smallest absolute Gasteiger partial charge is 0.326 e. The molecule has 10 atom stereocenters. The van der Waals surface area contributed by atoms with Crippen molar-refractivity contribution in [2.24, 2.45) is 29.6 Å². The first-order valence-corrected chi connectivity index (χ1v) is 17.6. The second-order valence-electron chi connectivity index (χ2n) is 15.0. The highest BCUT2D eigenvalue weighted by Gasteiger charge is 2.69. The van der Waals surface area contributed by atoms with Crippen LogP contribution in [-0.2, 0) is 49.6 Å². The molecule has 4 N–H and O–H groups in total. The number of ether oxygens (including phenoxy) is 3. The number of rotatable bonds is 12. The van der Waals surface area contributed by atoms with Crippen molar-refractivity contribution in [3.63, 3.8) is 0 Å². The highest BCUT2D eigenvalue weighted by atomic mass is 17.3. The van der Waals surface area contributed by atoms with Crippen LogP contribution in [0.2, 0.25) is 0 Å². The third-order valence-corrected chi connectivity index (χ3v) is 11.0. The second kappa shape index (κ2) is 14.0. The van der Waals surface area contributed by atoms with Gasteiger partial charge in [0.15, 0.2) is 11.9 Å². The Hall–Kier alpha value is -3.52. The third-order valence-electron chi connectivity index (χ3n) is 11.0. The van der Waals surface area contributed by atoms with Crippen LogP contribution in [0.1, 0.15) is 85.1 Å². The van der Waals surface area contributed by atoms with E-state index in [0.717, 1.165) is 35.7 Å². The Balaban J connectivity index is 1.05. The zero-order valence-electron chi connectivity index (χ0n) is 28.9. The number of fused-ring (bicyclic) bond motifs is 3. The van der Waals surface area contributed by atoms with Crippen molar-refractivity contribution >= 4 is 34.7 Å². The number of para-hydroxylation sites is 1. The van der Waals surface area contributed by atoms with E-state index in [1.807, 2.05) is 52.0 Å². The van der Waals surface area contributed by atoms with Gasteiger partial charge in [0.2, 0.25) is 23.9 Å². The summed E-state index contributed by atoms with van der Waals surface area (Å²) < 4.78 is 18.5. The normalized spacial score (nSPS) is 33.3. The Labute approximate surface area is 286 Å². The molecule has 2 aromatic rings. The van der Waals surface area contributed by atoms with Gasteiger partial charge in [-0.25, -0.2) is 14.6 Å².